The summed E-state index contributed by atoms with van der Waals surface area (Å²) < 4.78 is 45.2. The van der Waals surface area contributed by atoms with Crippen LogP contribution in [0.15, 0.2) is 30.9 Å². The van der Waals surface area contributed by atoms with Crippen molar-refractivity contribution in [1.82, 2.24) is 0 Å². The molecule has 7 heteroatoms. The van der Waals surface area contributed by atoms with E-state index < -0.39 is 6.36 Å². The molecule has 0 aromatic heterocycles. The third-order valence-corrected chi connectivity index (χ3v) is 2.52. The normalized spacial score (nSPS) is 12.2. The molecule has 1 atom stereocenters. The van der Waals surface area contributed by atoms with Crippen molar-refractivity contribution in [1.29, 1.82) is 0 Å². The average molecular weight is 312 g/mol. The van der Waals surface area contributed by atoms with Gasteiger partial charge in [0.15, 0.2) is 0 Å². The van der Waals surface area contributed by atoms with Crippen LogP contribution in [-0.4, -0.2) is 13.5 Å². The van der Waals surface area contributed by atoms with Crippen molar-refractivity contribution in [2.75, 3.05) is 7.11 Å². The molecule has 0 heterocycles. The van der Waals surface area contributed by atoms with Gasteiger partial charge in [-0.25, -0.2) is 0 Å². The van der Waals surface area contributed by atoms with Crippen molar-refractivity contribution in [3.05, 3.63) is 36.4 Å². The van der Waals surface area contributed by atoms with Crippen molar-refractivity contribution >= 4 is 12.4 Å². The van der Waals surface area contributed by atoms with E-state index in [1.165, 1.54) is 25.3 Å². The molecule has 20 heavy (non-hydrogen) atoms. The third kappa shape index (κ3) is 5.71. The molecule has 114 valence electrons. The van der Waals surface area contributed by atoms with Gasteiger partial charge in [0.1, 0.15) is 11.5 Å². The highest BCUT2D eigenvalue weighted by atomic mass is 35.5. The lowest BCUT2D eigenvalue weighted by atomic mass is 10.0. The minimum absolute atomic E-state index is 0. The first kappa shape index (κ1) is 18.6. The van der Waals surface area contributed by atoms with Gasteiger partial charge < -0.3 is 15.2 Å². The summed E-state index contributed by atoms with van der Waals surface area (Å²) in [6, 6.07) is 3.55. The maximum absolute atomic E-state index is 12.1. The van der Waals surface area contributed by atoms with E-state index in [4.69, 9.17) is 10.5 Å². The second-order valence-corrected chi connectivity index (χ2v) is 3.92. The van der Waals surface area contributed by atoms with Crippen LogP contribution in [0.1, 0.15) is 24.4 Å². The monoisotopic (exact) mass is 311 g/mol. The third-order valence-electron chi connectivity index (χ3n) is 2.52. The quantitative estimate of drug-likeness (QED) is 0.808. The Kier molecular flexibility index (Phi) is 7.45. The lowest BCUT2D eigenvalue weighted by Gasteiger charge is -2.17. The number of benzene rings is 1. The summed E-state index contributed by atoms with van der Waals surface area (Å²) in [4.78, 5) is 0. The minimum atomic E-state index is -4.72. The van der Waals surface area contributed by atoms with E-state index in [9.17, 15) is 13.2 Å². The van der Waals surface area contributed by atoms with Gasteiger partial charge in [0.2, 0.25) is 0 Å². The zero-order valence-corrected chi connectivity index (χ0v) is 11.8. The Bertz CT molecular complexity index is 438. The summed E-state index contributed by atoms with van der Waals surface area (Å²) >= 11 is 0. The number of alkyl halides is 3. The van der Waals surface area contributed by atoms with Crippen LogP contribution in [0.2, 0.25) is 0 Å². The molecule has 0 radical (unpaired) electrons. The van der Waals surface area contributed by atoms with E-state index in [-0.39, 0.29) is 29.9 Å². The van der Waals surface area contributed by atoms with Gasteiger partial charge in [-0.05, 0) is 18.9 Å². The Labute approximate surface area is 122 Å². The number of rotatable bonds is 6. The molecule has 0 bridgehead atoms. The fraction of sp³-hybridized carbons (Fsp3) is 0.385. The lowest BCUT2D eigenvalue weighted by Crippen LogP contribution is -2.17. The van der Waals surface area contributed by atoms with Crippen LogP contribution in [-0.2, 0) is 0 Å². The molecule has 0 saturated heterocycles. The van der Waals surface area contributed by atoms with Crippen LogP contribution in [0.5, 0.6) is 11.5 Å². The molecule has 1 aromatic rings. The van der Waals surface area contributed by atoms with Gasteiger partial charge in [-0.2, -0.15) is 0 Å². The smallest absolute Gasteiger partial charge is 0.496 e. The number of hydrogen-bond donors (Lipinski definition) is 1. The maximum Gasteiger partial charge on any atom is 0.573 e. The highest BCUT2D eigenvalue weighted by Gasteiger charge is 2.31. The first-order valence-corrected chi connectivity index (χ1v) is 5.67. The zero-order chi connectivity index (χ0) is 14.5. The Morgan fingerprint density at radius 3 is 2.55 bits per heavy atom. The van der Waals surface area contributed by atoms with Gasteiger partial charge in [-0.15, -0.1) is 32.2 Å². The summed E-state index contributed by atoms with van der Waals surface area (Å²) in [5.74, 6) is -0.0534. The molecule has 0 aliphatic rings. The number of nitrogens with two attached hydrogens (primary N) is 1. The summed E-state index contributed by atoms with van der Waals surface area (Å²) in [5.41, 5.74) is 6.58. The van der Waals surface area contributed by atoms with Crippen molar-refractivity contribution in [3.8, 4) is 11.5 Å². The molecular formula is C13H17ClF3NO2. The van der Waals surface area contributed by atoms with Crippen LogP contribution in [0.4, 0.5) is 13.2 Å². The summed E-state index contributed by atoms with van der Waals surface area (Å²) in [6.45, 7) is 3.59. The number of allylic oxidation sites excluding steroid dienone is 1. The van der Waals surface area contributed by atoms with E-state index >= 15 is 0 Å². The Morgan fingerprint density at radius 1 is 1.40 bits per heavy atom. The highest BCUT2D eigenvalue weighted by molar-refractivity contribution is 5.85. The second kappa shape index (κ2) is 8.01. The maximum atomic E-state index is 12.1. The predicted molar refractivity (Wildman–Crippen MR) is 73.3 cm³/mol. The van der Waals surface area contributed by atoms with Crippen molar-refractivity contribution in [3.63, 3.8) is 0 Å². The summed E-state index contributed by atoms with van der Waals surface area (Å²) in [6.07, 6.45) is -1.64. The largest absolute Gasteiger partial charge is 0.573 e. The van der Waals surface area contributed by atoms with E-state index in [0.717, 1.165) is 0 Å². The fourth-order valence-electron chi connectivity index (χ4n) is 1.65. The molecule has 0 amide bonds. The molecule has 1 rings (SSSR count). The molecular weight excluding hydrogens is 295 g/mol. The van der Waals surface area contributed by atoms with Crippen LogP contribution in [0, 0.1) is 0 Å². The first-order chi connectivity index (χ1) is 8.87. The van der Waals surface area contributed by atoms with E-state index in [1.807, 2.05) is 0 Å². The van der Waals surface area contributed by atoms with Gasteiger partial charge in [0.05, 0.1) is 7.11 Å². The van der Waals surface area contributed by atoms with Gasteiger partial charge in [0.25, 0.3) is 0 Å². The van der Waals surface area contributed by atoms with Crippen LogP contribution < -0.4 is 15.2 Å². The van der Waals surface area contributed by atoms with Crippen LogP contribution >= 0.6 is 12.4 Å². The van der Waals surface area contributed by atoms with Crippen molar-refractivity contribution < 1.29 is 22.6 Å². The van der Waals surface area contributed by atoms with Gasteiger partial charge in [-0.1, -0.05) is 12.1 Å². The van der Waals surface area contributed by atoms with Crippen LogP contribution in [0.25, 0.3) is 0 Å². The fourth-order valence-corrected chi connectivity index (χ4v) is 1.65. The van der Waals surface area contributed by atoms with Crippen molar-refractivity contribution in [2.45, 2.75) is 25.2 Å². The lowest BCUT2D eigenvalue weighted by molar-refractivity contribution is -0.274. The molecule has 1 aromatic carbocycles. The number of hydrogen-bond acceptors (Lipinski definition) is 3. The molecule has 0 aliphatic carbocycles. The minimum Gasteiger partial charge on any atom is -0.496 e. The van der Waals surface area contributed by atoms with E-state index in [1.54, 1.807) is 6.08 Å². The zero-order valence-electron chi connectivity index (χ0n) is 10.9. The van der Waals surface area contributed by atoms with Gasteiger partial charge in [0, 0.05) is 17.7 Å². The molecule has 0 saturated carbocycles. The molecule has 0 aliphatic heterocycles. The van der Waals surface area contributed by atoms with Crippen molar-refractivity contribution in [2.24, 2.45) is 5.73 Å². The second-order valence-electron chi connectivity index (χ2n) is 3.92. The SMILES string of the molecule is C=CCC[C@H](N)c1ccc(OC(F)(F)F)cc1OC.Cl. The first-order valence-electron chi connectivity index (χ1n) is 5.67. The Balaban J connectivity index is 0.00000361. The van der Waals surface area contributed by atoms with Crippen LogP contribution in [0.3, 0.4) is 0 Å². The number of ether oxygens (including phenoxy) is 2. The van der Waals surface area contributed by atoms with Gasteiger partial charge in [-0.3, -0.25) is 0 Å². The number of halogens is 4. The molecule has 0 unspecified atom stereocenters. The number of methoxy groups -OCH3 is 1. The topological polar surface area (TPSA) is 44.5 Å². The highest BCUT2D eigenvalue weighted by Crippen LogP contribution is 2.32. The van der Waals surface area contributed by atoms with E-state index in [0.29, 0.717) is 18.4 Å². The van der Waals surface area contributed by atoms with E-state index in [2.05, 4.69) is 11.3 Å². The summed E-state index contributed by atoms with van der Waals surface area (Å²) in [5, 5.41) is 0. The molecule has 0 fully saturated rings. The standard InChI is InChI=1S/C13H16F3NO2.ClH/c1-3-4-5-11(17)10-7-6-9(8-12(10)18-2)19-13(14,15)16;/h3,6-8,11H,1,4-5,17H2,2H3;1H/t11-;/m0./s1. The molecule has 2 N–H and O–H groups in total. The molecule has 0 spiro atoms. The summed E-state index contributed by atoms with van der Waals surface area (Å²) in [7, 11) is 1.37. The predicted octanol–water partition coefficient (Wildman–Crippen LogP) is 3.98. The average Bonchev–Trinajstić information content (AvgIpc) is 2.33. The Hall–Kier alpha value is -1.40. The van der Waals surface area contributed by atoms with Gasteiger partial charge >= 0.3 is 6.36 Å². The Morgan fingerprint density at radius 2 is 2.05 bits per heavy atom. The molecule has 3 nitrogen and oxygen atoms in total.